The minimum Gasteiger partial charge on any atom is -0.444 e. The molecule has 0 rings (SSSR count). The number of nitrogens with one attached hydrogen (secondary N) is 2. The molecule has 0 aromatic rings. The molecule has 0 aromatic carbocycles. The molecule has 2 N–H and O–H groups in total. The summed E-state index contributed by atoms with van der Waals surface area (Å²) in [5.41, 5.74) is -0.495. The van der Waals surface area contributed by atoms with Gasteiger partial charge in [-0.2, -0.15) is 0 Å². The maximum Gasteiger partial charge on any atom is 0.407 e. The van der Waals surface area contributed by atoms with E-state index in [1.807, 2.05) is 34.6 Å². The number of hydrogen-bond donors (Lipinski definition) is 2. The number of rotatable bonds is 6. The first kappa shape index (κ1) is 16.7. The molecule has 0 saturated heterocycles. The predicted octanol–water partition coefficient (Wildman–Crippen LogP) is 2.06. The van der Waals surface area contributed by atoms with Crippen molar-refractivity contribution in [1.29, 1.82) is 0 Å². The molecule has 18 heavy (non-hydrogen) atoms. The zero-order chi connectivity index (χ0) is 14.2. The van der Waals surface area contributed by atoms with Crippen LogP contribution in [0.3, 0.4) is 0 Å². The van der Waals surface area contributed by atoms with Crippen molar-refractivity contribution >= 4 is 12.0 Å². The monoisotopic (exact) mass is 258 g/mol. The van der Waals surface area contributed by atoms with E-state index in [1.54, 1.807) is 0 Å². The zero-order valence-electron chi connectivity index (χ0n) is 12.1. The van der Waals surface area contributed by atoms with E-state index in [2.05, 4.69) is 10.6 Å². The van der Waals surface area contributed by atoms with Crippen LogP contribution in [-0.2, 0) is 9.53 Å². The minimum atomic E-state index is -0.495. The molecule has 0 radical (unpaired) electrons. The molecule has 0 saturated carbocycles. The standard InChI is InChI=1S/C13H26N2O3/c1-6-10(8-11(16)14-7-2)9-15-12(17)18-13(3,4)5/h10H,6-9H2,1-5H3,(H,14,16)(H,15,17). The lowest BCUT2D eigenvalue weighted by molar-refractivity contribution is -0.121. The third kappa shape index (κ3) is 8.84. The molecule has 0 aliphatic heterocycles. The topological polar surface area (TPSA) is 67.4 Å². The van der Waals surface area contributed by atoms with E-state index < -0.39 is 11.7 Å². The maximum atomic E-state index is 11.5. The van der Waals surface area contributed by atoms with Crippen LogP contribution in [0.5, 0.6) is 0 Å². The Bertz CT molecular complexity index is 272. The molecule has 0 aromatic heterocycles. The average molecular weight is 258 g/mol. The Kier molecular flexibility index (Phi) is 7.39. The van der Waals surface area contributed by atoms with Crippen LogP contribution < -0.4 is 10.6 Å². The molecule has 0 bridgehead atoms. The van der Waals surface area contributed by atoms with Gasteiger partial charge in [0.25, 0.3) is 0 Å². The van der Waals surface area contributed by atoms with Gasteiger partial charge in [-0.1, -0.05) is 13.3 Å². The van der Waals surface area contributed by atoms with Crippen LogP contribution in [0.1, 0.15) is 47.5 Å². The van der Waals surface area contributed by atoms with E-state index in [-0.39, 0.29) is 11.8 Å². The molecule has 1 unspecified atom stereocenters. The van der Waals surface area contributed by atoms with Gasteiger partial charge in [0.05, 0.1) is 0 Å². The first-order valence-electron chi connectivity index (χ1n) is 6.52. The number of carbonyl (C=O) groups excluding carboxylic acids is 2. The van der Waals surface area contributed by atoms with Gasteiger partial charge in [-0.25, -0.2) is 4.79 Å². The Morgan fingerprint density at radius 1 is 1.17 bits per heavy atom. The molecule has 1 atom stereocenters. The van der Waals surface area contributed by atoms with Gasteiger partial charge in [0.2, 0.25) is 5.91 Å². The molecule has 0 spiro atoms. The van der Waals surface area contributed by atoms with Gasteiger partial charge in [0.15, 0.2) is 0 Å². The van der Waals surface area contributed by atoms with Crippen LogP contribution in [0.2, 0.25) is 0 Å². The number of ether oxygens (including phenoxy) is 1. The number of alkyl carbamates (subject to hydrolysis) is 1. The Hall–Kier alpha value is -1.26. The van der Waals surface area contributed by atoms with E-state index in [9.17, 15) is 9.59 Å². The molecule has 0 aliphatic carbocycles. The van der Waals surface area contributed by atoms with Gasteiger partial charge >= 0.3 is 6.09 Å². The molecule has 106 valence electrons. The third-order valence-electron chi connectivity index (χ3n) is 2.36. The predicted molar refractivity (Wildman–Crippen MR) is 71.3 cm³/mol. The smallest absolute Gasteiger partial charge is 0.407 e. The molecule has 0 heterocycles. The fraction of sp³-hybridized carbons (Fsp3) is 0.846. The highest BCUT2D eigenvalue weighted by Crippen LogP contribution is 2.09. The fourth-order valence-electron chi connectivity index (χ4n) is 1.43. The van der Waals surface area contributed by atoms with Crippen LogP contribution in [-0.4, -0.2) is 30.7 Å². The lowest BCUT2D eigenvalue weighted by Gasteiger charge is -2.21. The van der Waals surface area contributed by atoms with Gasteiger partial charge in [-0.3, -0.25) is 4.79 Å². The summed E-state index contributed by atoms with van der Waals surface area (Å²) in [6, 6.07) is 0. The van der Waals surface area contributed by atoms with Crippen molar-refractivity contribution in [3.63, 3.8) is 0 Å². The Morgan fingerprint density at radius 3 is 2.22 bits per heavy atom. The largest absolute Gasteiger partial charge is 0.444 e. The van der Waals surface area contributed by atoms with Gasteiger partial charge in [0, 0.05) is 19.5 Å². The summed E-state index contributed by atoms with van der Waals surface area (Å²) in [4.78, 5) is 22.9. The quantitative estimate of drug-likeness (QED) is 0.766. The second-order valence-electron chi connectivity index (χ2n) is 5.31. The number of amides is 2. The summed E-state index contributed by atoms with van der Waals surface area (Å²) in [6.07, 6.45) is 0.837. The maximum absolute atomic E-state index is 11.5. The summed E-state index contributed by atoms with van der Waals surface area (Å²) in [5, 5.41) is 5.45. The minimum absolute atomic E-state index is 0.0235. The molecule has 2 amide bonds. The summed E-state index contributed by atoms with van der Waals surface area (Å²) in [7, 11) is 0. The van der Waals surface area contributed by atoms with E-state index in [1.165, 1.54) is 0 Å². The summed E-state index contributed by atoms with van der Waals surface area (Å²) in [6.45, 7) is 10.4. The first-order valence-corrected chi connectivity index (χ1v) is 6.52. The van der Waals surface area contributed by atoms with Crippen LogP contribution in [0, 0.1) is 5.92 Å². The van der Waals surface area contributed by atoms with Crippen molar-refractivity contribution in [2.75, 3.05) is 13.1 Å². The van der Waals surface area contributed by atoms with Crippen molar-refractivity contribution < 1.29 is 14.3 Å². The Balaban J connectivity index is 4.00. The highest BCUT2D eigenvalue weighted by molar-refractivity contribution is 5.76. The number of carbonyl (C=O) groups is 2. The van der Waals surface area contributed by atoms with Crippen LogP contribution in [0.25, 0.3) is 0 Å². The van der Waals surface area contributed by atoms with Crippen molar-refractivity contribution in [3.05, 3.63) is 0 Å². The number of hydrogen-bond acceptors (Lipinski definition) is 3. The first-order chi connectivity index (χ1) is 8.28. The molecule has 5 nitrogen and oxygen atoms in total. The molecular weight excluding hydrogens is 232 g/mol. The molecule has 5 heteroatoms. The second-order valence-corrected chi connectivity index (χ2v) is 5.31. The second kappa shape index (κ2) is 7.95. The summed E-state index contributed by atoms with van der Waals surface area (Å²) >= 11 is 0. The van der Waals surface area contributed by atoms with Gasteiger partial charge in [-0.05, 0) is 33.6 Å². The fourth-order valence-corrected chi connectivity index (χ4v) is 1.43. The summed E-state index contributed by atoms with van der Waals surface area (Å²) in [5.74, 6) is 0.166. The lowest BCUT2D eigenvalue weighted by atomic mass is 10.0. The lowest BCUT2D eigenvalue weighted by Crippen LogP contribution is -2.36. The highest BCUT2D eigenvalue weighted by Gasteiger charge is 2.18. The van der Waals surface area contributed by atoms with Gasteiger partial charge < -0.3 is 15.4 Å². The van der Waals surface area contributed by atoms with Crippen molar-refractivity contribution in [2.24, 2.45) is 5.92 Å². The van der Waals surface area contributed by atoms with E-state index in [0.29, 0.717) is 19.5 Å². The van der Waals surface area contributed by atoms with Crippen LogP contribution in [0.4, 0.5) is 4.79 Å². The van der Waals surface area contributed by atoms with Crippen LogP contribution in [0.15, 0.2) is 0 Å². The van der Waals surface area contributed by atoms with E-state index in [4.69, 9.17) is 4.74 Å². The van der Waals surface area contributed by atoms with Gasteiger partial charge in [-0.15, -0.1) is 0 Å². The molecule has 0 fully saturated rings. The molecule has 0 aliphatic rings. The zero-order valence-corrected chi connectivity index (χ0v) is 12.1. The van der Waals surface area contributed by atoms with Crippen molar-refractivity contribution in [2.45, 2.75) is 53.1 Å². The van der Waals surface area contributed by atoms with Crippen molar-refractivity contribution in [1.82, 2.24) is 10.6 Å². The van der Waals surface area contributed by atoms with Gasteiger partial charge in [0.1, 0.15) is 5.60 Å². The normalized spacial score (nSPS) is 12.7. The third-order valence-corrected chi connectivity index (χ3v) is 2.36. The van der Waals surface area contributed by atoms with Crippen LogP contribution >= 0.6 is 0 Å². The Labute approximate surface area is 110 Å². The average Bonchev–Trinajstić information content (AvgIpc) is 2.22. The van der Waals surface area contributed by atoms with E-state index in [0.717, 1.165) is 6.42 Å². The summed E-state index contributed by atoms with van der Waals surface area (Å²) < 4.78 is 5.13. The molecular formula is C13H26N2O3. The van der Waals surface area contributed by atoms with E-state index >= 15 is 0 Å². The SMILES string of the molecule is CCNC(=O)CC(CC)CNC(=O)OC(C)(C)C. The Morgan fingerprint density at radius 2 is 1.78 bits per heavy atom. The van der Waals surface area contributed by atoms with Crippen molar-refractivity contribution in [3.8, 4) is 0 Å². The highest BCUT2D eigenvalue weighted by atomic mass is 16.6.